The fraction of sp³-hybridized carbons (Fsp3) is 0.769. The van der Waals surface area contributed by atoms with Crippen LogP contribution in [0.25, 0.3) is 0 Å². The third-order valence-electron chi connectivity index (χ3n) is 3.46. The zero-order chi connectivity index (χ0) is 12.3. The van der Waals surface area contributed by atoms with Crippen molar-refractivity contribution < 1.29 is 4.74 Å². The minimum absolute atomic E-state index is 0.430. The largest absolute Gasteiger partial charge is 0.381 e. The Bertz CT molecular complexity index is 348. The van der Waals surface area contributed by atoms with Crippen molar-refractivity contribution >= 4 is 0 Å². The van der Waals surface area contributed by atoms with E-state index in [2.05, 4.69) is 34.9 Å². The van der Waals surface area contributed by atoms with Crippen LogP contribution < -0.4 is 5.32 Å². The summed E-state index contributed by atoms with van der Waals surface area (Å²) in [6.07, 6.45) is 8.03. The van der Waals surface area contributed by atoms with Crippen LogP contribution in [0.3, 0.4) is 0 Å². The summed E-state index contributed by atoms with van der Waals surface area (Å²) in [5.41, 5.74) is 1.12. The summed E-state index contributed by atoms with van der Waals surface area (Å²) in [6.45, 7) is 5.15. The molecular weight excluding hydrogens is 214 g/mol. The summed E-state index contributed by atoms with van der Waals surface area (Å²) in [6, 6.07) is 1.07. The molecule has 2 atom stereocenters. The van der Waals surface area contributed by atoms with Crippen molar-refractivity contribution in [3.8, 4) is 0 Å². The minimum Gasteiger partial charge on any atom is -0.381 e. The van der Waals surface area contributed by atoms with E-state index in [4.69, 9.17) is 4.74 Å². The first kappa shape index (κ1) is 12.6. The topological polar surface area (TPSA) is 39.1 Å². The molecule has 2 rings (SSSR count). The van der Waals surface area contributed by atoms with Crippen LogP contribution >= 0.6 is 0 Å². The van der Waals surface area contributed by atoms with Crippen molar-refractivity contribution in [1.29, 1.82) is 0 Å². The highest BCUT2D eigenvalue weighted by atomic mass is 16.5. The molecule has 1 heterocycles. The monoisotopic (exact) mass is 237 g/mol. The molecule has 4 heteroatoms. The minimum atomic E-state index is 0.430. The molecule has 1 aliphatic rings. The molecule has 1 N–H and O–H groups in total. The van der Waals surface area contributed by atoms with E-state index in [0.29, 0.717) is 18.2 Å². The van der Waals surface area contributed by atoms with Crippen LogP contribution in [0.5, 0.6) is 0 Å². The van der Waals surface area contributed by atoms with Crippen LogP contribution in [-0.4, -0.2) is 28.8 Å². The van der Waals surface area contributed by atoms with E-state index in [1.165, 1.54) is 12.8 Å². The summed E-state index contributed by atoms with van der Waals surface area (Å²) >= 11 is 0. The van der Waals surface area contributed by atoms with Gasteiger partial charge in [-0.25, -0.2) is 4.98 Å². The average Bonchev–Trinajstić information content (AvgIpc) is 2.94. The van der Waals surface area contributed by atoms with Gasteiger partial charge in [0.05, 0.1) is 18.1 Å². The Morgan fingerprint density at radius 2 is 2.35 bits per heavy atom. The SMILES string of the molecule is COC1CCC(n2cnc(CNC(C)C)c2)C1. The molecule has 2 unspecified atom stereocenters. The standard InChI is InChI=1S/C13H23N3O/c1-10(2)14-7-11-8-16(9-15-11)12-4-5-13(6-12)17-3/h8-10,12-14H,4-7H2,1-3H3. The molecule has 0 radical (unpaired) electrons. The van der Waals surface area contributed by atoms with E-state index in [1.807, 2.05) is 6.33 Å². The van der Waals surface area contributed by atoms with Crippen molar-refractivity contribution in [3.05, 3.63) is 18.2 Å². The van der Waals surface area contributed by atoms with E-state index < -0.39 is 0 Å². The van der Waals surface area contributed by atoms with E-state index in [1.54, 1.807) is 7.11 Å². The lowest BCUT2D eigenvalue weighted by molar-refractivity contribution is 0.106. The van der Waals surface area contributed by atoms with E-state index in [0.717, 1.165) is 18.7 Å². The number of nitrogens with zero attached hydrogens (tertiary/aromatic N) is 2. The van der Waals surface area contributed by atoms with E-state index in [9.17, 15) is 0 Å². The van der Waals surface area contributed by atoms with Gasteiger partial charge >= 0.3 is 0 Å². The molecule has 0 aromatic carbocycles. The normalized spacial score (nSPS) is 24.7. The van der Waals surface area contributed by atoms with Gasteiger partial charge in [-0.05, 0) is 19.3 Å². The highest BCUT2D eigenvalue weighted by Crippen LogP contribution is 2.31. The number of ether oxygens (including phenoxy) is 1. The number of methoxy groups -OCH3 is 1. The smallest absolute Gasteiger partial charge is 0.0952 e. The summed E-state index contributed by atoms with van der Waals surface area (Å²) in [4.78, 5) is 4.44. The highest BCUT2D eigenvalue weighted by Gasteiger charge is 2.25. The summed E-state index contributed by atoms with van der Waals surface area (Å²) in [5.74, 6) is 0. The van der Waals surface area contributed by atoms with Crippen LogP contribution in [0.15, 0.2) is 12.5 Å². The maximum atomic E-state index is 5.40. The molecule has 0 aliphatic heterocycles. The van der Waals surface area contributed by atoms with Crippen LogP contribution in [-0.2, 0) is 11.3 Å². The first-order valence-electron chi connectivity index (χ1n) is 6.47. The predicted molar refractivity (Wildman–Crippen MR) is 67.9 cm³/mol. The van der Waals surface area contributed by atoms with Gasteiger partial charge in [0.2, 0.25) is 0 Å². The first-order chi connectivity index (χ1) is 8.19. The van der Waals surface area contributed by atoms with E-state index in [-0.39, 0.29) is 0 Å². The van der Waals surface area contributed by atoms with Crippen molar-refractivity contribution in [2.45, 2.75) is 57.8 Å². The molecule has 0 spiro atoms. The summed E-state index contributed by atoms with van der Waals surface area (Å²) in [7, 11) is 1.80. The Morgan fingerprint density at radius 3 is 3.00 bits per heavy atom. The molecule has 96 valence electrons. The van der Waals surface area contributed by atoms with Gasteiger partial charge in [-0.2, -0.15) is 0 Å². The molecular formula is C13H23N3O. The Hall–Kier alpha value is -0.870. The molecule has 0 bridgehead atoms. The number of nitrogens with one attached hydrogen (secondary N) is 1. The van der Waals surface area contributed by atoms with Crippen molar-refractivity contribution in [1.82, 2.24) is 14.9 Å². The maximum absolute atomic E-state index is 5.40. The fourth-order valence-corrected chi connectivity index (χ4v) is 2.38. The zero-order valence-electron chi connectivity index (χ0n) is 11.0. The number of aromatic nitrogens is 2. The zero-order valence-corrected chi connectivity index (χ0v) is 11.0. The van der Waals surface area contributed by atoms with Crippen LogP contribution in [0, 0.1) is 0 Å². The maximum Gasteiger partial charge on any atom is 0.0952 e. The van der Waals surface area contributed by atoms with Gasteiger partial charge in [-0.3, -0.25) is 0 Å². The van der Waals surface area contributed by atoms with Crippen molar-refractivity contribution in [3.63, 3.8) is 0 Å². The lowest BCUT2D eigenvalue weighted by Gasteiger charge is -2.11. The van der Waals surface area contributed by atoms with Crippen LogP contribution in [0.4, 0.5) is 0 Å². The predicted octanol–water partition coefficient (Wildman–Crippen LogP) is 2.12. The number of hydrogen-bond acceptors (Lipinski definition) is 3. The van der Waals surface area contributed by atoms with Gasteiger partial charge in [0.25, 0.3) is 0 Å². The number of imidazole rings is 1. The lowest BCUT2D eigenvalue weighted by Crippen LogP contribution is -2.21. The molecule has 1 fully saturated rings. The Balaban J connectivity index is 1.90. The Labute approximate surface area is 103 Å². The second-order valence-electron chi connectivity index (χ2n) is 5.17. The van der Waals surface area contributed by atoms with Gasteiger partial charge in [0, 0.05) is 31.9 Å². The van der Waals surface area contributed by atoms with E-state index >= 15 is 0 Å². The Morgan fingerprint density at radius 1 is 1.53 bits per heavy atom. The molecule has 0 saturated heterocycles. The highest BCUT2D eigenvalue weighted by molar-refractivity contribution is 4.99. The molecule has 17 heavy (non-hydrogen) atoms. The van der Waals surface area contributed by atoms with Crippen molar-refractivity contribution in [2.75, 3.05) is 7.11 Å². The van der Waals surface area contributed by atoms with Gasteiger partial charge in [0.1, 0.15) is 0 Å². The quantitative estimate of drug-likeness (QED) is 0.852. The molecule has 1 aromatic rings. The van der Waals surface area contributed by atoms with Gasteiger partial charge in [-0.15, -0.1) is 0 Å². The number of rotatable bonds is 5. The fourth-order valence-electron chi connectivity index (χ4n) is 2.38. The second-order valence-corrected chi connectivity index (χ2v) is 5.17. The first-order valence-corrected chi connectivity index (χ1v) is 6.47. The van der Waals surface area contributed by atoms with Crippen LogP contribution in [0.1, 0.15) is 44.8 Å². The van der Waals surface area contributed by atoms with Crippen molar-refractivity contribution in [2.24, 2.45) is 0 Å². The summed E-state index contributed by atoms with van der Waals surface area (Å²) < 4.78 is 7.65. The molecule has 1 aromatic heterocycles. The lowest BCUT2D eigenvalue weighted by atomic mass is 10.2. The second kappa shape index (κ2) is 5.65. The van der Waals surface area contributed by atoms with Gasteiger partial charge < -0.3 is 14.6 Å². The third-order valence-corrected chi connectivity index (χ3v) is 3.46. The number of hydrogen-bond donors (Lipinski definition) is 1. The third kappa shape index (κ3) is 3.30. The molecule has 0 amide bonds. The van der Waals surface area contributed by atoms with Gasteiger partial charge in [-0.1, -0.05) is 13.8 Å². The summed E-state index contributed by atoms with van der Waals surface area (Å²) in [5, 5.41) is 3.39. The Kier molecular flexibility index (Phi) is 4.18. The average molecular weight is 237 g/mol. The van der Waals surface area contributed by atoms with Gasteiger partial charge in [0.15, 0.2) is 0 Å². The molecule has 1 saturated carbocycles. The van der Waals surface area contributed by atoms with Crippen LogP contribution in [0.2, 0.25) is 0 Å². The molecule has 4 nitrogen and oxygen atoms in total. The molecule has 1 aliphatic carbocycles.